The lowest BCUT2D eigenvalue weighted by Gasteiger charge is -2.42. The zero-order valence-electron chi connectivity index (χ0n) is 12.8. The van der Waals surface area contributed by atoms with E-state index in [2.05, 4.69) is 34.2 Å². The summed E-state index contributed by atoms with van der Waals surface area (Å²) in [6.07, 6.45) is 3.70. The van der Waals surface area contributed by atoms with Crippen molar-refractivity contribution in [1.82, 2.24) is 20.4 Å². The van der Waals surface area contributed by atoms with Gasteiger partial charge in [0.05, 0.1) is 0 Å². The van der Waals surface area contributed by atoms with Crippen molar-refractivity contribution in [2.24, 2.45) is 11.8 Å². The van der Waals surface area contributed by atoms with E-state index in [1.54, 1.807) is 0 Å². The molecule has 0 amide bonds. The van der Waals surface area contributed by atoms with Gasteiger partial charge in [0.2, 0.25) is 5.89 Å². The first-order valence-corrected chi connectivity index (χ1v) is 7.90. The van der Waals surface area contributed by atoms with Crippen LogP contribution >= 0.6 is 0 Å². The first-order valence-electron chi connectivity index (χ1n) is 7.90. The van der Waals surface area contributed by atoms with Gasteiger partial charge in [0.15, 0.2) is 5.82 Å². The van der Waals surface area contributed by atoms with Crippen molar-refractivity contribution in [3.05, 3.63) is 11.7 Å². The highest BCUT2D eigenvalue weighted by atomic mass is 16.5. The van der Waals surface area contributed by atoms with Gasteiger partial charge >= 0.3 is 0 Å². The molecule has 1 aliphatic carbocycles. The maximum absolute atomic E-state index is 5.06. The second-order valence-corrected chi connectivity index (χ2v) is 6.64. The first-order chi connectivity index (χ1) is 9.63. The van der Waals surface area contributed by atoms with Crippen molar-refractivity contribution in [3.63, 3.8) is 0 Å². The summed E-state index contributed by atoms with van der Waals surface area (Å²) in [7, 11) is 0. The van der Waals surface area contributed by atoms with Crippen molar-refractivity contribution < 1.29 is 4.52 Å². The van der Waals surface area contributed by atoms with E-state index in [4.69, 9.17) is 4.52 Å². The van der Waals surface area contributed by atoms with E-state index in [-0.39, 0.29) is 0 Å². The Labute approximate surface area is 121 Å². The summed E-state index contributed by atoms with van der Waals surface area (Å²) in [5.41, 5.74) is 0. The normalized spacial score (nSPS) is 28.2. The van der Waals surface area contributed by atoms with Gasteiger partial charge in [-0.3, -0.25) is 4.90 Å². The predicted octanol–water partition coefficient (Wildman–Crippen LogP) is 1.63. The summed E-state index contributed by atoms with van der Waals surface area (Å²) in [5, 5.41) is 7.76. The van der Waals surface area contributed by atoms with Crippen molar-refractivity contribution >= 4 is 0 Å². The van der Waals surface area contributed by atoms with Gasteiger partial charge in [0.25, 0.3) is 0 Å². The molecule has 112 valence electrons. The van der Waals surface area contributed by atoms with Gasteiger partial charge in [-0.1, -0.05) is 19.0 Å². The SMILES string of the molecule is Cc1nc(CCN2CC(C3CC3)NCC2C(C)C)no1. The van der Waals surface area contributed by atoms with Crippen LogP contribution in [0.25, 0.3) is 0 Å². The predicted molar refractivity (Wildman–Crippen MR) is 77.5 cm³/mol. The van der Waals surface area contributed by atoms with E-state index in [0.717, 1.165) is 31.3 Å². The molecule has 0 aromatic carbocycles. The molecule has 1 aromatic heterocycles. The van der Waals surface area contributed by atoms with Crippen LogP contribution in [0.15, 0.2) is 4.52 Å². The number of nitrogens with one attached hydrogen (secondary N) is 1. The Bertz CT molecular complexity index is 441. The van der Waals surface area contributed by atoms with E-state index in [0.29, 0.717) is 23.9 Å². The molecule has 2 heterocycles. The fraction of sp³-hybridized carbons (Fsp3) is 0.867. The number of aryl methyl sites for hydroxylation is 1. The largest absolute Gasteiger partial charge is 0.340 e. The van der Waals surface area contributed by atoms with Gasteiger partial charge in [-0.15, -0.1) is 0 Å². The molecule has 1 N–H and O–H groups in total. The highest BCUT2D eigenvalue weighted by Crippen LogP contribution is 2.34. The van der Waals surface area contributed by atoms with E-state index in [9.17, 15) is 0 Å². The third-order valence-electron chi connectivity index (χ3n) is 4.64. The summed E-state index contributed by atoms with van der Waals surface area (Å²) in [6.45, 7) is 9.80. The van der Waals surface area contributed by atoms with Gasteiger partial charge in [-0.2, -0.15) is 4.98 Å². The molecule has 1 saturated carbocycles. The second kappa shape index (κ2) is 5.82. The molecule has 5 nitrogen and oxygen atoms in total. The van der Waals surface area contributed by atoms with Gasteiger partial charge < -0.3 is 9.84 Å². The molecule has 1 aliphatic heterocycles. The quantitative estimate of drug-likeness (QED) is 0.887. The summed E-state index contributed by atoms with van der Waals surface area (Å²) < 4.78 is 5.06. The average Bonchev–Trinajstić information content (AvgIpc) is 3.19. The minimum Gasteiger partial charge on any atom is -0.340 e. The zero-order chi connectivity index (χ0) is 14.1. The molecule has 2 aliphatic rings. The van der Waals surface area contributed by atoms with E-state index in [1.807, 2.05) is 6.92 Å². The number of piperazine rings is 1. The highest BCUT2D eigenvalue weighted by Gasteiger charge is 2.37. The van der Waals surface area contributed by atoms with Crippen LogP contribution in [0.5, 0.6) is 0 Å². The minimum absolute atomic E-state index is 0.623. The Balaban J connectivity index is 1.59. The number of rotatable bonds is 5. The molecule has 1 aromatic rings. The van der Waals surface area contributed by atoms with Crippen LogP contribution in [0.4, 0.5) is 0 Å². The van der Waals surface area contributed by atoms with Crippen LogP contribution < -0.4 is 5.32 Å². The first kappa shape index (κ1) is 14.0. The van der Waals surface area contributed by atoms with Crippen molar-refractivity contribution in [1.29, 1.82) is 0 Å². The highest BCUT2D eigenvalue weighted by molar-refractivity contribution is 4.96. The summed E-state index contributed by atoms with van der Waals surface area (Å²) in [6, 6.07) is 1.31. The van der Waals surface area contributed by atoms with Gasteiger partial charge in [0, 0.05) is 45.1 Å². The molecule has 0 spiro atoms. The third kappa shape index (κ3) is 3.20. The van der Waals surface area contributed by atoms with E-state index < -0.39 is 0 Å². The lowest BCUT2D eigenvalue weighted by atomic mass is 9.96. The summed E-state index contributed by atoms with van der Waals surface area (Å²) in [4.78, 5) is 6.95. The third-order valence-corrected chi connectivity index (χ3v) is 4.64. The Kier molecular flexibility index (Phi) is 4.08. The molecule has 0 radical (unpaired) electrons. The molecular weight excluding hydrogens is 252 g/mol. The number of aromatic nitrogens is 2. The van der Waals surface area contributed by atoms with Crippen LogP contribution in [0.2, 0.25) is 0 Å². The second-order valence-electron chi connectivity index (χ2n) is 6.64. The molecule has 20 heavy (non-hydrogen) atoms. The Hall–Kier alpha value is -0.940. The Morgan fingerprint density at radius 3 is 2.80 bits per heavy atom. The molecule has 3 rings (SSSR count). The fourth-order valence-corrected chi connectivity index (χ4v) is 3.27. The van der Waals surface area contributed by atoms with Crippen LogP contribution in [0.1, 0.15) is 38.4 Å². The standard InChI is InChI=1S/C15H26N4O/c1-10(2)14-8-16-13(12-4-5-12)9-19(14)7-6-15-17-11(3)20-18-15/h10,12-14,16H,4-9H2,1-3H3. The monoisotopic (exact) mass is 278 g/mol. The molecule has 2 unspecified atom stereocenters. The zero-order valence-corrected chi connectivity index (χ0v) is 12.8. The minimum atomic E-state index is 0.623. The smallest absolute Gasteiger partial charge is 0.223 e. The Morgan fingerprint density at radius 2 is 2.20 bits per heavy atom. The molecular formula is C15H26N4O. The topological polar surface area (TPSA) is 54.2 Å². The van der Waals surface area contributed by atoms with E-state index in [1.165, 1.54) is 19.4 Å². The maximum Gasteiger partial charge on any atom is 0.223 e. The van der Waals surface area contributed by atoms with Crippen LogP contribution in [0, 0.1) is 18.8 Å². The summed E-state index contributed by atoms with van der Waals surface area (Å²) >= 11 is 0. The van der Waals surface area contributed by atoms with Crippen LogP contribution in [-0.4, -0.2) is 46.8 Å². The molecule has 1 saturated heterocycles. The number of hydrogen-bond acceptors (Lipinski definition) is 5. The number of hydrogen-bond donors (Lipinski definition) is 1. The maximum atomic E-state index is 5.06. The lowest BCUT2D eigenvalue weighted by molar-refractivity contribution is 0.0928. The summed E-state index contributed by atoms with van der Waals surface area (Å²) in [5.74, 6) is 3.09. The molecule has 5 heteroatoms. The van der Waals surface area contributed by atoms with Crippen molar-refractivity contribution in [3.8, 4) is 0 Å². The fourth-order valence-electron chi connectivity index (χ4n) is 3.27. The van der Waals surface area contributed by atoms with Gasteiger partial charge in [-0.05, 0) is 24.7 Å². The molecule has 2 fully saturated rings. The molecule has 0 bridgehead atoms. The van der Waals surface area contributed by atoms with Crippen LogP contribution in [0.3, 0.4) is 0 Å². The lowest BCUT2D eigenvalue weighted by Crippen LogP contribution is -2.59. The van der Waals surface area contributed by atoms with Gasteiger partial charge in [0.1, 0.15) is 0 Å². The van der Waals surface area contributed by atoms with Crippen molar-refractivity contribution in [2.75, 3.05) is 19.6 Å². The number of nitrogens with zero attached hydrogens (tertiary/aromatic N) is 3. The van der Waals surface area contributed by atoms with Crippen LogP contribution in [-0.2, 0) is 6.42 Å². The average molecular weight is 278 g/mol. The van der Waals surface area contributed by atoms with E-state index >= 15 is 0 Å². The molecule has 2 atom stereocenters. The van der Waals surface area contributed by atoms with Crippen molar-refractivity contribution in [2.45, 2.75) is 52.1 Å². The van der Waals surface area contributed by atoms with Gasteiger partial charge in [-0.25, -0.2) is 0 Å². The Morgan fingerprint density at radius 1 is 1.40 bits per heavy atom.